The second-order valence-electron chi connectivity index (χ2n) is 4.53. The molecular weight excluding hydrogens is 238 g/mol. The average Bonchev–Trinajstić information content (AvgIpc) is 2.63. The molecule has 19 heavy (non-hydrogen) atoms. The molecule has 1 aromatic rings. The van der Waals surface area contributed by atoms with Gasteiger partial charge in [-0.25, -0.2) is 0 Å². The number of hydrogen-bond donors (Lipinski definition) is 1. The highest BCUT2D eigenvalue weighted by Crippen LogP contribution is 2.21. The summed E-state index contributed by atoms with van der Waals surface area (Å²) < 4.78 is 1.78. The highest BCUT2D eigenvalue weighted by molar-refractivity contribution is 5.61. The number of aliphatic hydroxyl groups is 1. The van der Waals surface area contributed by atoms with Crippen LogP contribution in [0.15, 0.2) is 0 Å². The van der Waals surface area contributed by atoms with E-state index in [4.69, 9.17) is 5.11 Å². The summed E-state index contributed by atoms with van der Waals surface area (Å²) in [4.78, 5) is 2.01. The number of aliphatic hydroxyl groups excluding tert-OH is 1. The van der Waals surface area contributed by atoms with E-state index in [2.05, 4.69) is 28.8 Å². The standard InChI is InChI=1S/C15H21N3O/c1-13-15(17(2)3)14(18(4)16-13)11-9-7-5-6-8-10-12-19/h19H,6,8,10,12H2,1-4H3. The summed E-state index contributed by atoms with van der Waals surface area (Å²) >= 11 is 0. The highest BCUT2D eigenvalue weighted by Gasteiger charge is 2.12. The molecule has 0 unspecified atom stereocenters. The molecule has 0 radical (unpaired) electrons. The Balaban J connectivity index is 2.78. The summed E-state index contributed by atoms with van der Waals surface area (Å²) in [6.07, 6.45) is 2.49. The minimum atomic E-state index is 0.230. The van der Waals surface area contributed by atoms with Crippen molar-refractivity contribution in [2.24, 2.45) is 7.05 Å². The lowest BCUT2D eigenvalue weighted by Crippen LogP contribution is -2.11. The van der Waals surface area contributed by atoms with Gasteiger partial charge in [-0.3, -0.25) is 4.68 Å². The molecule has 0 bridgehead atoms. The summed E-state index contributed by atoms with van der Waals surface area (Å²) in [6, 6.07) is 0. The molecule has 4 nitrogen and oxygen atoms in total. The smallest absolute Gasteiger partial charge is 0.135 e. The van der Waals surface area contributed by atoms with Gasteiger partial charge in [-0.1, -0.05) is 5.92 Å². The number of hydrogen-bond acceptors (Lipinski definition) is 3. The van der Waals surface area contributed by atoms with E-state index in [0.717, 1.165) is 36.3 Å². The second kappa shape index (κ2) is 7.51. The molecule has 1 N–H and O–H groups in total. The minimum absolute atomic E-state index is 0.230. The monoisotopic (exact) mass is 259 g/mol. The normalized spacial score (nSPS) is 9.32. The Bertz CT molecular complexity index is 535. The minimum Gasteiger partial charge on any atom is -0.396 e. The maximum atomic E-state index is 8.64. The van der Waals surface area contributed by atoms with E-state index in [1.807, 2.05) is 33.0 Å². The van der Waals surface area contributed by atoms with Crippen LogP contribution in [-0.4, -0.2) is 35.6 Å². The molecule has 1 heterocycles. The molecule has 0 saturated heterocycles. The molecule has 0 atom stereocenters. The molecule has 0 saturated carbocycles. The molecule has 0 amide bonds. The number of aryl methyl sites for hydroxylation is 2. The largest absolute Gasteiger partial charge is 0.396 e. The van der Waals surface area contributed by atoms with Crippen LogP contribution in [-0.2, 0) is 7.05 Å². The lowest BCUT2D eigenvalue weighted by atomic mass is 10.2. The zero-order chi connectivity index (χ0) is 14.3. The molecule has 0 aliphatic heterocycles. The summed E-state index contributed by atoms with van der Waals surface area (Å²) in [6.45, 7) is 2.20. The van der Waals surface area contributed by atoms with Crippen molar-refractivity contribution in [3.05, 3.63) is 11.4 Å². The molecule has 1 aromatic heterocycles. The first kappa shape index (κ1) is 15.1. The first-order valence-electron chi connectivity index (χ1n) is 6.38. The van der Waals surface area contributed by atoms with Gasteiger partial charge in [0.15, 0.2) is 0 Å². The first-order chi connectivity index (χ1) is 9.07. The van der Waals surface area contributed by atoms with Crippen molar-refractivity contribution < 1.29 is 5.11 Å². The van der Waals surface area contributed by atoms with Gasteiger partial charge < -0.3 is 10.0 Å². The third-order valence-electron chi connectivity index (χ3n) is 2.68. The van der Waals surface area contributed by atoms with Gasteiger partial charge in [0.05, 0.1) is 11.4 Å². The number of unbranched alkanes of at least 4 members (excludes halogenated alkanes) is 2. The maximum Gasteiger partial charge on any atom is 0.135 e. The lowest BCUT2D eigenvalue weighted by Gasteiger charge is -2.11. The van der Waals surface area contributed by atoms with Gasteiger partial charge in [-0.15, -0.1) is 0 Å². The molecule has 0 spiro atoms. The fourth-order valence-electron chi connectivity index (χ4n) is 1.84. The van der Waals surface area contributed by atoms with E-state index in [9.17, 15) is 0 Å². The lowest BCUT2D eigenvalue weighted by molar-refractivity contribution is 0.285. The Hall–Kier alpha value is -1.91. The van der Waals surface area contributed by atoms with Gasteiger partial charge in [-0.2, -0.15) is 5.10 Å². The van der Waals surface area contributed by atoms with Crippen LogP contribution in [0, 0.1) is 30.6 Å². The Morgan fingerprint density at radius 3 is 2.63 bits per heavy atom. The predicted octanol–water partition coefficient (Wildman–Crippen LogP) is 1.31. The molecule has 0 aliphatic carbocycles. The summed E-state index contributed by atoms with van der Waals surface area (Å²) in [5.74, 6) is 11.8. The van der Waals surface area contributed by atoms with Crippen molar-refractivity contribution in [3.8, 4) is 23.7 Å². The van der Waals surface area contributed by atoms with Crippen molar-refractivity contribution in [1.82, 2.24) is 9.78 Å². The number of nitrogens with zero attached hydrogens (tertiary/aromatic N) is 3. The third kappa shape index (κ3) is 4.35. The van der Waals surface area contributed by atoms with Crippen LogP contribution in [0.5, 0.6) is 0 Å². The van der Waals surface area contributed by atoms with Gasteiger partial charge in [0.2, 0.25) is 0 Å². The Labute approximate surface area is 115 Å². The number of anilines is 1. The highest BCUT2D eigenvalue weighted by atomic mass is 16.2. The summed E-state index contributed by atoms with van der Waals surface area (Å²) in [5.41, 5.74) is 2.89. The third-order valence-corrected chi connectivity index (χ3v) is 2.68. The first-order valence-corrected chi connectivity index (χ1v) is 6.38. The Morgan fingerprint density at radius 2 is 2.00 bits per heavy atom. The van der Waals surface area contributed by atoms with Gasteiger partial charge >= 0.3 is 0 Å². The Morgan fingerprint density at radius 1 is 1.26 bits per heavy atom. The van der Waals surface area contributed by atoms with Crippen molar-refractivity contribution in [3.63, 3.8) is 0 Å². The number of aromatic nitrogens is 2. The SMILES string of the molecule is Cc1nn(C)c(C#CC#CCCCCO)c1N(C)C. The molecule has 0 aromatic carbocycles. The van der Waals surface area contributed by atoms with E-state index >= 15 is 0 Å². The molecule has 4 heteroatoms. The molecule has 1 rings (SSSR count). The van der Waals surface area contributed by atoms with Crippen molar-refractivity contribution in [1.29, 1.82) is 0 Å². The summed E-state index contributed by atoms with van der Waals surface area (Å²) in [7, 11) is 5.85. The molecule has 0 fully saturated rings. The maximum absolute atomic E-state index is 8.64. The van der Waals surface area contributed by atoms with Crippen LogP contribution < -0.4 is 4.90 Å². The van der Waals surface area contributed by atoms with Gasteiger partial charge in [0, 0.05) is 34.2 Å². The van der Waals surface area contributed by atoms with Crippen LogP contribution in [0.25, 0.3) is 0 Å². The summed E-state index contributed by atoms with van der Waals surface area (Å²) in [5, 5.41) is 13.0. The van der Waals surface area contributed by atoms with E-state index in [-0.39, 0.29) is 6.61 Å². The fourth-order valence-corrected chi connectivity index (χ4v) is 1.84. The Kier molecular flexibility index (Phi) is 5.99. The van der Waals surface area contributed by atoms with Crippen molar-refractivity contribution in [2.45, 2.75) is 26.2 Å². The van der Waals surface area contributed by atoms with Crippen LogP contribution in [0.1, 0.15) is 30.7 Å². The second-order valence-corrected chi connectivity index (χ2v) is 4.53. The zero-order valence-electron chi connectivity index (χ0n) is 12.1. The molecule has 102 valence electrons. The van der Waals surface area contributed by atoms with E-state index in [0.29, 0.717) is 0 Å². The number of rotatable bonds is 4. The molecule has 0 aliphatic rings. The van der Waals surface area contributed by atoms with Gasteiger partial charge in [0.25, 0.3) is 0 Å². The average molecular weight is 259 g/mol. The topological polar surface area (TPSA) is 41.3 Å². The van der Waals surface area contributed by atoms with E-state index in [1.165, 1.54) is 0 Å². The van der Waals surface area contributed by atoms with Gasteiger partial charge in [-0.05, 0) is 37.5 Å². The van der Waals surface area contributed by atoms with E-state index in [1.54, 1.807) is 4.68 Å². The van der Waals surface area contributed by atoms with Crippen molar-refractivity contribution in [2.75, 3.05) is 25.6 Å². The van der Waals surface area contributed by atoms with E-state index < -0.39 is 0 Å². The zero-order valence-corrected chi connectivity index (χ0v) is 12.1. The van der Waals surface area contributed by atoms with Crippen LogP contribution in [0.4, 0.5) is 5.69 Å². The quantitative estimate of drug-likeness (QED) is 0.655. The van der Waals surface area contributed by atoms with Gasteiger partial charge in [0.1, 0.15) is 5.69 Å². The van der Waals surface area contributed by atoms with Crippen LogP contribution in [0.3, 0.4) is 0 Å². The van der Waals surface area contributed by atoms with Crippen molar-refractivity contribution >= 4 is 5.69 Å². The van der Waals surface area contributed by atoms with Crippen LogP contribution >= 0.6 is 0 Å². The predicted molar refractivity (Wildman–Crippen MR) is 77.9 cm³/mol. The molecular formula is C15H21N3O. The van der Waals surface area contributed by atoms with Crippen LogP contribution in [0.2, 0.25) is 0 Å². The fraction of sp³-hybridized carbons (Fsp3) is 0.533.